The van der Waals surface area contributed by atoms with Gasteiger partial charge in [-0.3, -0.25) is 0 Å². The number of rotatable bonds is 19. The summed E-state index contributed by atoms with van der Waals surface area (Å²) in [6.07, 6.45) is 11.9. The molecule has 4 aromatic carbocycles. The molecule has 480 valence electrons. The minimum absolute atomic E-state index is 0. The maximum Gasteiger partial charge on any atom is 0.243 e. The molecule has 0 radical (unpaired) electrons. The van der Waals surface area contributed by atoms with Gasteiger partial charge in [0.15, 0.2) is 0 Å². The third-order valence-corrected chi connectivity index (χ3v) is 18.2. The predicted octanol–water partition coefficient (Wildman–Crippen LogP) is 7.25. The van der Waals surface area contributed by atoms with Gasteiger partial charge in [0.2, 0.25) is 6.33 Å². The normalized spacial score (nSPS) is 18.1. The second-order valence-electron chi connectivity index (χ2n) is 24.6. The zero-order valence-corrected chi connectivity index (χ0v) is 50.4. The molecule has 0 amide bonds. The molecule has 8 N–H and O–H groups in total. The van der Waals surface area contributed by atoms with Gasteiger partial charge in [-0.2, -0.15) is 0 Å². The van der Waals surface area contributed by atoms with E-state index < -0.39 is 0 Å². The monoisotopic (exact) mass is 1200 g/mol. The van der Waals surface area contributed by atoms with Gasteiger partial charge in [0, 0.05) is 97.7 Å². The topological polar surface area (TPSA) is 172 Å². The Labute approximate surface area is 519 Å². The van der Waals surface area contributed by atoms with E-state index in [4.69, 9.17) is 46.6 Å². The summed E-state index contributed by atoms with van der Waals surface area (Å²) in [6.45, 7) is 28.2. The number of nitrogens with two attached hydrogens (primary N) is 4. The Hall–Kier alpha value is -5.83. The lowest BCUT2D eigenvalue weighted by atomic mass is 10.1. The number of aromatic nitrogens is 2. The lowest BCUT2D eigenvalue weighted by Crippen LogP contribution is -2.54. The third-order valence-electron chi connectivity index (χ3n) is 18.2. The van der Waals surface area contributed by atoms with Crippen LogP contribution in [-0.2, 0) is 63.0 Å². The quantitative estimate of drug-likeness (QED) is 0.0283. The van der Waals surface area contributed by atoms with Gasteiger partial charge in [-0.05, 0) is 96.5 Å². The Kier molecular flexibility index (Phi) is 28.1. The predicted molar refractivity (Wildman–Crippen MR) is 361 cm³/mol. The molecule has 86 heavy (non-hydrogen) atoms. The van der Waals surface area contributed by atoms with Gasteiger partial charge in [0.1, 0.15) is 64.8 Å². The molecule has 0 saturated carbocycles. The highest BCUT2D eigenvalue weighted by molar-refractivity contribution is 5.67. The van der Waals surface area contributed by atoms with Crippen molar-refractivity contribution in [3.8, 4) is 0 Å². The number of nitrogen functional groups attached to an aromatic ring is 4. The molecule has 18 nitrogen and oxygen atoms in total. The number of morpholine rings is 3. The van der Waals surface area contributed by atoms with E-state index in [1.165, 1.54) is 64.5 Å². The van der Waals surface area contributed by atoms with Gasteiger partial charge in [-0.1, -0.05) is 54.0 Å². The van der Waals surface area contributed by atoms with Crippen LogP contribution in [0.1, 0.15) is 58.4 Å². The van der Waals surface area contributed by atoms with Gasteiger partial charge < -0.3 is 79.7 Å². The van der Waals surface area contributed by atoms with Crippen molar-refractivity contribution < 1.29 is 41.7 Å². The molecule has 1 aromatic heterocycles. The summed E-state index contributed by atoms with van der Waals surface area (Å²) in [5.41, 5.74) is 38.0. The number of hydrogen-bond donors (Lipinski definition) is 4. The van der Waals surface area contributed by atoms with Crippen molar-refractivity contribution in [3.63, 3.8) is 0 Å². The first-order valence-corrected chi connectivity index (χ1v) is 30.6. The highest BCUT2D eigenvalue weighted by Crippen LogP contribution is 2.33. The number of nitrogens with zero attached hydrogens (tertiary/aromatic N) is 9. The average Bonchev–Trinajstić information content (AvgIpc) is 4.42. The zero-order valence-electron chi connectivity index (χ0n) is 50.4. The van der Waals surface area contributed by atoms with Crippen LogP contribution in [-0.4, -0.2) is 216 Å². The maximum atomic E-state index is 5.92. The van der Waals surface area contributed by atoms with Crippen LogP contribution in [0.5, 0.6) is 0 Å². The number of fused-ring (bicyclic) bond motifs is 4. The third kappa shape index (κ3) is 20.4. The molecule has 0 atom stereocenters. The summed E-state index contributed by atoms with van der Waals surface area (Å²) >= 11 is 0. The van der Waals surface area contributed by atoms with E-state index in [-0.39, 0.29) is 29.7 Å². The van der Waals surface area contributed by atoms with Crippen molar-refractivity contribution in [3.05, 3.63) is 114 Å². The van der Waals surface area contributed by atoms with E-state index in [9.17, 15) is 0 Å². The number of hydrogen-bond acceptors (Lipinski definition) is 13. The fraction of sp³-hybridized carbons (Fsp3) is 0.603. The van der Waals surface area contributed by atoms with E-state index >= 15 is 0 Å². The molecule has 0 aliphatic carbocycles. The second-order valence-corrected chi connectivity index (χ2v) is 24.6. The van der Waals surface area contributed by atoms with Crippen molar-refractivity contribution in [1.82, 2.24) is 4.57 Å². The standard InChI is InChI=1S/C17H28N3O2.C16H23N4O.C16H26N3O.C15H24N3O.4CH4/c1-20(8-12-22-13-9-20)7-11-21-10-6-19-5-4-15-2-3-16(18)14-17(15)19;1-18-6-7-19(13-18)8-10-21-11-9-20-5-4-14-2-3-15(17)12-16(14)20;1-19(9-11-20-12-10-19)8-2-6-18-7-5-14-3-4-15(17)13-16(14)18;1-18(8-10-19-11-9-18)7-6-17-5-4-13-2-3-14(16)12-15(13)17;;;;/h2-3,14H,4-13,18H2,1H3;2-3,6-7,12-13H,4-5,8-11,17H2,1H3;3-4,13H,2,5-12,17H2,1H3;2-3,12H,4-11,16H2,1H3;4*1H4/q4*+1;;;;. The van der Waals surface area contributed by atoms with Crippen LogP contribution in [0.2, 0.25) is 0 Å². The van der Waals surface area contributed by atoms with Gasteiger partial charge >= 0.3 is 0 Å². The molecule has 0 spiro atoms. The Morgan fingerprint density at radius 1 is 0.430 bits per heavy atom. The largest absolute Gasteiger partial charge is 0.399 e. The molecule has 18 heteroatoms. The zero-order chi connectivity index (χ0) is 57.4. The van der Waals surface area contributed by atoms with Gasteiger partial charge in [0.05, 0.1) is 114 Å². The van der Waals surface area contributed by atoms with Crippen LogP contribution in [0.25, 0.3) is 0 Å². The van der Waals surface area contributed by atoms with Crippen molar-refractivity contribution in [2.24, 2.45) is 7.05 Å². The first-order valence-electron chi connectivity index (χ1n) is 30.6. The Morgan fingerprint density at radius 2 is 0.767 bits per heavy atom. The molecular weight excluding hydrogens is 1080 g/mol. The fourth-order valence-electron chi connectivity index (χ4n) is 12.4. The molecule has 0 unspecified atom stereocenters. The number of quaternary nitrogens is 3. The Bertz CT molecular complexity index is 2780. The minimum atomic E-state index is 0. The fourth-order valence-corrected chi connectivity index (χ4v) is 12.4. The lowest BCUT2D eigenvalue weighted by Gasteiger charge is -2.38. The number of imidazole rings is 1. The van der Waals surface area contributed by atoms with Crippen molar-refractivity contribution >= 4 is 45.5 Å². The highest BCUT2D eigenvalue weighted by Gasteiger charge is 2.30. The molecule has 5 aromatic rings. The SMILES string of the molecule is C.C.C.C.C[N+]1(CCCN2CCc3ccc(N)cc32)CCOCC1.C[N+]1(CCN2CCc3ccc(N)cc32)CCOCC1.C[N+]1(CCOCCN2CCc3ccc(N)cc32)CCOCC1.C[n+]1ccn(CCOCCN2CCc3ccc(N)cc32)c1. The van der Waals surface area contributed by atoms with Crippen LogP contribution in [0.15, 0.2) is 91.5 Å². The van der Waals surface area contributed by atoms with Crippen LogP contribution >= 0.6 is 0 Å². The van der Waals surface area contributed by atoms with E-state index in [1.54, 1.807) is 0 Å². The first-order chi connectivity index (χ1) is 39.7. The summed E-state index contributed by atoms with van der Waals surface area (Å²) in [5.74, 6) is 0. The summed E-state index contributed by atoms with van der Waals surface area (Å²) in [7, 11) is 9.02. The molecule has 3 saturated heterocycles. The Balaban J connectivity index is 0.000000206. The smallest absolute Gasteiger partial charge is 0.243 e. The summed E-state index contributed by atoms with van der Waals surface area (Å²) in [4.78, 5) is 9.74. The summed E-state index contributed by atoms with van der Waals surface area (Å²) in [6, 6.07) is 25.1. The molecule has 7 aliphatic heterocycles. The molecule has 12 rings (SSSR count). The van der Waals surface area contributed by atoms with Gasteiger partial charge in [-0.25, -0.2) is 9.13 Å². The van der Waals surface area contributed by atoms with Gasteiger partial charge in [0.25, 0.3) is 0 Å². The van der Waals surface area contributed by atoms with Gasteiger partial charge in [-0.15, -0.1) is 0 Å². The van der Waals surface area contributed by atoms with Crippen LogP contribution in [0.4, 0.5) is 45.5 Å². The molecule has 3 fully saturated rings. The summed E-state index contributed by atoms with van der Waals surface area (Å²) in [5, 5.41) is 0. The van der Waals surface area contributed by atoms with Crippen LogP contribution in [0, 0.1) is 0 Å². The van der Waals surface area contributed by atoms with Crippen LogP contribution < -0.4 is 47.1 Å². The van der Waals surface area contributed by atoms with Crippen LogP contribution in [0.3, 0.4) is 0 Å². The van der Waals surface area contributed by atoms with Crippen molar-refractivity contribution in [1.29, 1.82) is 0 Å². The van der Waals surface area contributed by atoms with Crippen molar-refractivity contribution in [2.45, 2.75) is 68.4 Å². The minimum Gasteiger partial charge on any atom is -0.399 e. The first kappa shape index (κ1) is 70.9. The lowest BCUT2D eigenvalue weighted by molar-refractivity contribution is -0.917. The molecule has 0 bridgehead atoms. The van der Waals surface area contributed by atoms with E-state index in [1.807, 2.05) is 42.1 Å². The number of likely N-dealkylation sites (N-methyl/N-ethyl adjacent to an activating group) is 3. The van der Waals surface area contributed by atoms with E-state index in [2.05, 4.69) is 106 Å². The average molecular weight is 1200 g/mol. The molecular formula is C68H117N13O5+4. The second kappa shape index (κ2) is 34.1. The van der Waals surface area contributed by atoms with E-state index in [0.29, 0.717) is 0 Å². The van der Waals surface area contributed by atoms with Crippen molar-refractivity contribution in [2.75, 3.05) is 241 Å². The highest BCUT2D eigenvalue weighted by atomic mass is 16.5. The number of anilines is 8. The number of ether oxygens (including phenoxy) is 5. The Morgan fingerprint density at radius 3 is 1.15 bits per heavy atom. The number of benzene rings is 4. The summed E-state index contributed by atoms with van der Waals surface area (Å²) < 4.78 is 35.5. The number of aryl methyl sites for hydroxylation is 1. The van der Waals surface area contributed by atoms with E-state index in [0.717, 1.165) is 233 Å². The molecule has 7 aliphatic rings. The molecule has 8 heterocycles. The maximum absolute atomic E-state index is 5.92.